The number of nitrogens with zero attached hydrogens (tertiary/aromatic N) is 7. The van der Waals surface area contributed by atoms with E-state index in [1.807, 2.05) is 26.0 Å². The van der Waals surface area contributed by atoms with Crippen molar-refractivity contribution in [1.29, 1.82) is 5.26 Å². The third-order valence-electron chi connectivity index (χ3n) is 4.65. The molecule has 0 spiro atoms. The van der Waals surface area contributed by atoms with Gasteiger partial charge in [0.2, 0.25) is 5.88 Å². The fourth-order valence-electron chi connectivity index (χ4n) is 3.27. The zero-order valence-electron chi connectivity index (χ0n) is 15.9. The van der Waals surface area contributed by atoms with Crippen molar-refractivity contribution in [3.63, 3.8) is 0 Å². The van der Waals surface area contributed by atoms with Crippen LogP contribution in [0.5, 0.6) is 5.88 Å². The molecule has 0 atom stereocenters. The minimum absolute atomic E-state index is 0.0545. The lowest BCUT2D eigenvalue weighted by molar-refractivity contribution is 0.235. The molecule has 8 heteroatoms. The summed E-state index contributed by atoms with van der Waals surface area (Å²) >= 11 is 0. The molecule has 1 aromatic carbocycles. The monoisotopic (exact) mass is 375 g/mol. The maximum Gasteiger partial charge on any atom is 0.224 e. The summed E-state index contributed by atoms with van der Waals surface area (Å²) in [7, 11) is 0. The smallest absolute Gasteiger partial charge is 0.224 e. The number of ether oxygens (including phenoxy) is 1. The highest BCUT2D eigenvalue weighted by atomic mass is 16.5. The standard InChI is InChI=1S/C20H21N7O/c1-14(2)28-20-17-9-16(3-4-18(17)24-13-25-20)26-5-7-27(8-6-26)19-12-22-15(10-21)11-23-19/h3-4,9,11-14H,5-8H2,1-2H3. The lowest BCUT2D eigenvalue weighted by atomic mass is 10.2. The highest BCUT2D eigenvalue weighted by molar-refractivity contribution is 5.86. The summed E-state index contributed by atoms with van der Waals surface area (Å²) in [5.41, 5.74) is 2.34. The summed E-state index contributed by atoms with van der Waals surface area (Å²) in [6.07, 6.45) is 4.77. The molecular weight excluding hydrogens is 354 g/mol. The summed E-state index contributed by atoms with van der Waals surface area (Å²) in [4.78, 5) is 21.6. The number of hydrogen-bond acceptors (Lipinski definition) is 8. The Morgan fingerprint density at radius 2 is 1.79 bits per heavy atom. The molecule has 1 aliphatic rings. The molecule has 0 aliphatic carbocycles. The maximum absolute atomic E-state index is 8.85. The van der Waals surface area contributed by atoms with Gasteiger partial charge in [-0.3, -0.25) is 0 Å². The molecule has 0 N–H and O–H groups in total. The number of fused-ring (bicyclic) bond motifs is 1. The second kappa shape index (κ2) is 7.64. The van der Waals surface area contributed by atoms with Crippen LogP contribution in [0.1, 0.15) is 19.5 Å². The number of nitriles is 1. The van der Waals surface area contributed by atoms with Crippen molar-refractivity contribution < 1.29 is 4.74 Å². The summed E-state index contributed by atoms with van der Waals surface area (Å²) in [5.74, 6) is 1.42. The predicted molar refractivity (Wildman–Crippen MR) is 106 cm³/mol. The van der Waals surface area contributed by atoms with Crippen LogP contribution in [0, 0.1) is 11.3 Å². The molecule has 28 heavy (non-hydrogen) atoms. The molecule has 0 radical (unpaired) electrons. The van der Waals surface area contributed by atoms with Gasteiger partial charge in [0.25, 0.3) is 0 Å². The van der Waals surface area contributed by atoms with E-state index in [-0.39, 0.29) is 6.10 Å². The first-order valence-electron chi connectivity index (χ1n) is 9.27. The molecule has 142 valence electrons. The highest BCUT2D eigenvalue weighted by Crippen LogP contribution is 2.28. The van der Waals surface area contributed by atoms with E-state index in [1.165, 1.54) is 12.5 Å². The van der Waals surface area contributed by atoms with Crippen molar-refractivity contribution in [2.24, 2.45) is 0 Å². The first-order chi connectivity index (χ1) is 13.6. The lowest BCUT2D eigenvalue weighted by Crippen LogP contribution is -2.46. The van der Waals surface area contributed by atoms with Gasteiger partial charge in [-0.15, -0.1) is 0 Å². The Morgan fingerprint density at radius 1 is 1.00 bits per heavy atom. The number of piperazine rings is 1. The Balaban J connectivity index is 1.51. The third kappa shape index (κ3) is 3.64. The van der Waals surface area contributed by atoms with Gasteiger partial charge in [0.1, 0.15) is 18.2 Å². The van der Waals surface area contributed by atoms with Crippen LogP contribution in [-0.2, 0) is 0 Å². The van der Waals surface area contributed by atoms with Gasteiger partial charge in [-0.1, -0.05) is 0 Å². The molecule has 3 aromatic rings. The summed E-state index contributed by atoms with van der Waals surface area (Å²) in [6, 6.07) is 8.20. The normalized spacial score (nSPS) is 14.4. The molecule has 1 fully saturated rings. The molecular formula is C20H21N7O. The van der Waals surface area contributed by atoms with Gasteiger partial charge in [-0.25, -0.2) is 19.9 Å². The van der Waals surface area contributed by atoms with Crippen LogP contribution in [0.25, 0.3) is 10.9 Å². The fourth-order valence-corrected chi connectivity index (χ4v) is 3.27. The van der Waals surface area contributed by atoms with Crippen molar-refractivity contribution in [1.82, 2.24) is 19.9 Å². The Kier molecular flexibility index (Phi) is 4.89. The molecule has 2 aromatic heterocycles. The molecule has 0 amide bonds. The topological polar surface area (TPSA) is 91.1 Å². The number of benzene rings is 1. The van der Waals surface area contributed by atoms with Crippen molar-refractivity contribution in [2.75, 3.05) is 36.0 Å². The Labute approximate surface area is 163 Å². The van der Waals surface area contributed by atoms with Gasteiger partial charge in [0.15, 0.2) is 5.69 Å². The van der Waals surface area contributed by atoms with Crippen LogP contribution in [-0.4, -0.2) is 52.2 Å². The predicted octanol–water partition coefficient (Wildman–Crippen LogP) is 2.41. The van der Waals surface area contributed by atoms with Crippen LogP contribution in [0.3, 0.4) is 0 Å². The zero-order chi connectivity index (χ0) is 19.5. The SMILES string of the molecule is CC(C)Oc1ncnc2ccc(N3CCN(c4cnc(C#N)cn4)CC3)cc12. The Bertz CT molecular complexity index is 1010. The maximum atomic E-state index is 8.85. The quantitative estimate of drug-likeness (QED) is 0.686. The van der Waals surface area contributed by atoms with E-state index in [2.05, 4.69) is 41.9 Å². The number of hydrogen-bond donors (Lipinski definition) is 0. The largest absolute Gasteiger partial charge is 0.474 e. The van der Waals surface area contributed by atoms with Gasteiger partial charge in [-0.05, 0) is 32.0 Å². The van der Waals surface area contributed by atoms with E-state index < -0.39 is 0 Å². The number of anilines is 2. The van der Waals surface area contributed by atoms with Gasteiger partial charge in [0.05, 0.1) is 29.4 Å². The molecule has 1 aliphatic heterocycles. The minimum Gasteiger partial charge on any atom is -0.474 e. The van der Waals surface area contributed by atoms with Crippen LogP contribution in [0.4, 0.5) is 11.5 Å². The third-order valence-corrected chi connectivity index (χ3v) is 4.65. The van der Waals surface area contributed by atoms with Gasteiger partial charge in [0, 0.05) is 31.9 Å². The fraction of sp³-hybridized carbons (Fsp3) is 0.350. The van der Waals surface area contributed by atoms with E-state index in [4.69, 9.17) is 10.00 Å². The Morgan fingerprint density at radius 3 is 2.46 bits per heavy atom. The van der Waals surface area contributed by atoms with Crippen LogP contribution < -0.4 is 14.5 Å². The van der Waals surface area contributed by atoms with Crippen LogP contribution >= 0.6 is 0 Å². The lowest BCUT2D eigenvalue weighted by Gasteiger charge is -2.36. The molecule has 4 rings (SSSR count). The Hall–Kier alpha value is -3.47. The zero-order valence-corrected chi connectivity index (χ0v) is 15.9. The average Bonchev–Trinajstić information content (AvgIpc) is 2.73. The van der Waals surface area contributed by atoms with Gasteiger partial charge in [-0.2, -0.15) is 5.26 Å². The first-order valence-corrected chi connectivity index (χ1v) is 9.27. The van der Waals surface area contributed by atoms with E-state index in [0.717, 1.165) is 48.6 Å². The second-order valence-corrected chi connectivity index (χ2v) is 6.89. The summed E-state index contributed by atoms with van der Waals surface area (Å²) in [5, 5.41) is 9.78. The van der Waals surface area contributed by atoms with Crippen LogP contribution in [0.15, 0.2) is 36.9 Å². The van der Waals surface area contributed by atoms with Crippen molar-refractivity contribution in [3.05, 3.63) is 42.6 Å². The van der Waals surface area contributed by atoms with Crippen molar-refractivity contribution >= 4 is 22.4 Å². The highest BCUT2D eigenvalue weighted by Gasteiger charge is 2.19. The summed E-state index contributed by atoms with van der Waals surface area (Å²) < 4.78 is 5.85. The molecule has 0 bridgehead atoms. The molecule has 1 saturated heterocycles. The number of rotatable bonds is 4. The van der Waals surface area contributed by atoms with E-state index in [0.29, 0.717) is 11.6 Å². The minimum atomic E-state index is 0.0545. The van der Waals surface area contributed by atoms with E-state index in [1.54, 1.807) is 6.20 Å². The number of aromatic nitrogens is 4. The molecule has 0 saturated carbocycles. The average molecular weight is 375 g/mol. The van der Waals surface area contributed by atoms with Crippen molar-refractivity contribution in [2.45, 2.75) is 20.0 Å². The van der Waals surface area contributed by atoms with E-state index >= 15 is 0 Å². The van der Waals surface area contributed by atoms with Gasteiger partial charge < -0.3 is 14.5 Å². The van der Waals surface area contributed by atoms with Crippen molar-refractivity contribution in [3.8, 4) is 11.9 Å². The summed E-state index contributed by atoms with van der Waals surface area (Å²) in [6.45, 7) is 7.37. The molecule has 0 unspecified atom stereocenters. The van der Waals surface area contributed by atoms with Gasteiger partial charge >= 0.3 is 0 Å². The first kappa shape index (κ1) is 17.9. The molecule has 8 nitrogen and oxygen atoms in total. The van der Waals surface area contributed by atoms with Crippen LogP contribution in [0.2, 0.25) is 0 Å². The van der Waals surface area contributed by atoms with E-state index in [9.17, 15) is 0 Å². The second-order valence-electron chi connectivity index (χ2n) is 6.89. The molecule has 3 heterocycles.